The van der Waals surface area contributed by atoms with Crippen LogP contribution in [0.25, 0.3) is 0 Å². The van der Waals surface area contributed by atoms with Crippen molar-refractivity contribution >= 4 is 28.6 Å². The van der Waals surface area contributed by atoms with Gasteiger partial charge >= 0.3 is 0 Å². The third kappa shape index (κ3) is 2.93. The van der Waals surface area contributed by atoms with Gasteiger partial charge < -0.3 is 5.32 Å². The van der Waals surface area contributed by atoms with E-state index in [9.17, 15) is 9.59 Å². The number of anilines is 1. The molecule has 0 radical (unpaired) electrons. The summed E-state index contributed by atoms with van der Waals surface area (Å²) in [5, 5.41) is 2.02. The fraction of sp³-hybridized carbons (Fsp3) is 0. The van der Waals surface area contributed by atoms with Crippen LogP contribution in [0.5, 0.6) is 0 Å². The van der Waals surface area contributed by atoms with E-state index in [0.717, 1.165) is 0 Å². The highest BCUT2D eigenvalue weighted by atomic mass is 35.5. The zero-order valence-electron chi connectivity index (χ0n) is 9.26. The molecule has 0 bridgehead atoms. The number of nitrogens with zero attached hydrogens (tertiary/aromatic N) is 1. The molecule has 0 aliphatic heterocycles. The second-order valence-corrected chi connectivity index (χ2v) is 3.87. The fourth-order valence-corrected chi connectivity index (χ4v) is 1.53. The first-order chi connectivity index (χ1) is 8.66. The van der Waals surface area contributed by atoms with Crippen molar-refractivity contribution in [2.75, 3.05) is 5.32 Å². The van der Waals surface area contributed by atoms with E-state index in [4.69, 9.17) is 11.6 Å². The zero-order chi connectivity index (χ0) is 13.0. The highest BCUT2D eigenvalue weighted by molar-refractivity contribution is 6.67. The number of nitrogens with one attached hydrogen (secondary N) is 1. The lowest BCUT2D eigenvalue weighted by molar-refractivity contribution is 0.102. The van der Waals surface area contributed by atoms with Gasteiger partial charge in [0.15, 0.2) is 0 Å². The summed E-state index contributed by atoms with van der Waals surface area (Å²) in [5.74, 6) is 0.110. The first-order valence-electron chi connectivity index (χ1n) is 5.19. The summed E-state index contributed by atoms with van der Waals surface area (Å²) in [5.41, 5.74) is 0.637. The molecule has 18 heavy (non-hydrogen) atoms. The van der Waals surface area contributed by atoms with E-state index in [1.165, 1.54) is 6.07 Å². The van der Waals surface area contributed by atoms with E-state index in [2.05, 4.69) is 10.3 Å². The number of hydrogen-bond acceptors (Lipinski definition) is 3. The van der Waals surface area contributed by atoms with Crippen LogP contribution in [0.3, 0.4) is 0 Å². The standard InChI is InChI=1S/C13H9ClN2O2/c14-12(17)9-4-3-5-10(8-9)13(18)16-11-6-1-2-7-15-11/h1-8H,(H,15,16,18). The summed E-state index contributed by atoms with van der Waals surface area (Å²) in [6, 6.07) is 11.4. The molecule has 1 aromatic heterocycles. The van der Waals surface area contributed by atoms with Crippen LogP contribution in [0, 0.1) is 0 Å². The van der Waals surface area contributed by atoms with Crippen molar-refractivity contribution in [3.8, 4) is 0 Å². The molecule has 90 valence electrons. The van der Waals surface area contributed by atoms with Gasteiger partial charge in [0.1, 0.15) is 5.82 Å². The first kappa shape index (κ1) is 12.3. The minimum atomic E-state index is -0.595. The lowest BCUT2D eigenvalue weighted by atomic mass is 10.1. The molecule has 0 unspecified atom stereocenters. The van der Waals surface area contributed by atoms with Crippen LogP contribution in [0.4, 0.5) is 5.82 Å². The lowest BCUT2D eigenvalue weighted by Crippen LogP contribution is -2.13. The summed E-state index contributed by atoms with van der Waals surface area (Å²) < 4.78 is 0. The Kier molecular flexibility index (Phi) is 3.69. The molecule has 1 amide bonds. The predicted octanol–water partition coefficient (Wildman–Crippen LogP) is 2.71. The van der Waals surface area contributed by atoms with E-state index < -0.39 is 5.24 Å². The largest absolute Gasteiger partial charge is 0.307 e. The summed E-state index contributed by atoms with van der Waals surface area (Å²) >= 11 is 5.36. The van der Waals surface area contributed by atoms with Crippen molar-refractivity contribution in [2.24, 2.45) is 0 Å². The Balaban J connectivity index is 2.19. The van der Waals surface area contributed by atoms with E-state index >= 15 is 0 Å². The molecule has 0 aliphatic carbocycles. The van der Waals surface area contributed by atoms with Crippen LogP contribution in [-0.4, -0.2) is 16.1 Å². The second-order valence-electron chi connectivity index (χ2n) is 3.52. The van der Waals surface area contributed by atoms with E-state index in [0.29, 0.717) is 11.4 Å². The van der Waals surface area contributed by atoms with Crippen LogP contribution in [0.15, 0.2) is 48.7 Å². The molecule has 0 fully saturated rings. The summed E-state index contributed by atoms with van der Waals surface area (Å²) in [6.07, 6.45) is 1.58. The molecule has 1 N–H and O–H groups in total. The maximum absolute atomic E-state index is 11.9. The summed E-state index contributed by atoms with van der Waals surface area (Å²) in [4.78, 5) is 26.9. The number of pyridine rings is 1. The van der Waals surface area contributed by atoms with Crippen molar-refractivity contribution in [1.29, 1.82) is 0 Å². The highest BCUT2D eigenvalue weighted by Crippen LogP contribution is 2.10. The number of carbonyl (C=O) groups is 2. The minimum Gasteiger partial charge on any atom is -0.307 e. The molecule has 0 atom stereocenters. The Labute approximate surface area is 109 Å². The summed E-state index contributed by atoms with van der Waals surface area (Å²) in [6.45, 7) is 0. The van der Waals surface area contributed by atoms with Gasteiger partial charge in [0.05, 0.1) is 0 Å². The van der Waals surface area contributed by atoms with Crippen LogP contribution < -0.4 is 5.32 Å². The van der Waals surface area contributed by atoms with Crippen molar-refractivity contribution in [1.82, 2.24) is 4.98 Å². The van der Waals surface area contributed by atoms with Crippen LogP contribution in [0.1, 0.15) is 20.7 Å². The van der Waals surface area contributed by atoms with Crippen LogP contribution >= 0.6 is 11.6 Å². The Morgan fingerprint density at radius 3 is 2.50 bits per heavy atom. The van der Waals surface area contributed by atoms with Crippen molar-refractivity contribution < 1.29 is 9.59 Å². The van der Waals surface area contributed by atoms with Crippen LogP contribution in [0.2, 0.25) is 0 Å². The molecule has 1 aromatic carbocycles. The molecule has 0 saturated carbocycles. The number of aromatic nitrogens is 1. The van der Waals surface area contributed by atoms with Gasteiger partial charge in [0, 0.05) is 17.3 Å². The lowest BCUT2D eigenvalue weighted by Gasteiger charge is -2.04. The average Bonchev–Trinajstić information content (AvgIpc) is 2.40. The van der Waals surface area contributed by atoms with Gasteiger partial charge in [-0.3, -0.25) is 9.59 Å². The van der Waals surface area contributed by atoms with Gasteiger partial charge in [0.2, 0.25) is 0 Å². The van der Waals surface area contributed by atoms with Gasteiger partial charge in [0.25, 0.3) is 11.1 Å². The van der Waals surface area contributed by atoms with Gasteiger partial charge in [-0.05, 0) is 35.9 Å². The minimum absolute atomic E-state index is 0.283. The maximum atomic E-state index is 11.9. The molecule has 0 saturated heterocycles. The molecular formula is C13H9ClN2O2. The third-order valence-corrected chi connectivity index (χ3v) is 2.48. The molecule has 1 heterocycles. The number of hydrogen-bond donors (Lipinski definition) is 1. The van der Waals surface area contributed by atoms with Gasteiger partial charge in [-0.25, -0.2) is 4.98 Å². The van der Waals surface area contributed by atoms with E-state index in [1.54, 1.807) is 42.6 Å². The molecule has 0 spiro atoms. The molecule has 0 aliphatic rings. The summed E-state index contributed by atoms with van der Waals surface area (Å²) in [7, 11) is 0. The number of carbonyl (C=O) groups excluding carboxylic acids is 2. The zero-order valence-corrected chi connectivity index (χ0v) is 10.0. The monoisotopic (exact) mass is 260 g/mol. The van der Waals surface area contributed by atoms with Crippen molar-refractivity contribution in [3.05, 3.63) is 59.8 Å². The first-order valence-corrected chi connectivity index (χ1v) is 5.57. The Morgan fingerprint density at radius 2 is 1.83 bits per heavy atom. The second kappa shape index (κ2) is 5.42. The quantitative estimate of drug-likeness (QED) is 0.863. The number of rotatable bonds is 3. The van der Waals surface area contributed by atoms with E-state index in [1.807, 2.05) is 0 Å². The van der Waals surface area contributed by atoms with Gasteiger partial charge in [-0.1, -0.05) is 18.2 Å². The molecule has 2 aromatic rings. The number of benzene rings is 1. The van der Waals surface area contributed by atoms with Crippen molar-refractivity contribution in [3.63, 3.8) is 0 Å². The number of amides is 1. The van der Waals surface area contributed by atoms with Gasteiger partial charge in [-0.15, -0.1) is 0 Å². The predicted molar refractivity (Wildman–Crippen MR) is 68.8 cm³/mol. The molecule has 2 rings (SSSR count). The third-order valence-electron chi connectivity index (χ3n) is 2.26. The molecule has 5 heteroatoms. The Morgan fingerprint density at radius 1 is 1.06 bits per heavy atom. The normalized spacial score (nSPS) is 9.83. The molecular weight excluding hydrogens is 252 g/mol. The van der Waals surface area contributed by atoms with Gasteiger partial charge in [-0.2, -0.15) is 0 Å². The maximum Gasteiger partial charge on any atom is 0.256 e. The topological polar surface area (TPSA) is 59.1 Å². The fourth-order valence-electron chi connectivity index (χ4n) is 1.41. The smallest absolute Gasteiger partial charge is 0.256 e. The van der Waals surface area contributed by atoms with E-state index in [-0.39, 0.29) is 11.5 Å². The Bertz CT molecular complexity index is 585. The Hall–Kier alpha value is -2.20. The SMILES string of the molecule is O=C(Cl)c1cccc(C(=O)Nc2ccccn2)c1. The molecule has 4 nitrogen and oxygen atoms in total. The van der Waals surface area contributed by atoms with Crippen molar-refractivity contribution in [2.45, 2.75) is 0 Å². The number of halogens is 1. The highest BCUT2D eigenvalue weighted by Gasteiger charge is 2.09. The van der Waals surface area contributed by atoms with Crippen LogP contribution in [-0.2, 0) is 0 Å². The average molecular weight is 261 g/mol.